The lowest BCUT2D eigenvalue weighted by Gasteiger charge is -2.31. The van der Waals surface area contributed by atoms with Gasteiger partial charge >= 0.3 is 0 Å². The van der Waals surface area contributed by atoms with Gasteiger partial charge in [-0.25, -0.2) is 13.4 Å². The molecule has 186 valence electrons. The summed E-state index contributed by atoms with van der Waals surface area (Å²) in [5.74, 6) is 1.44. The second-order valence-corrected chi connectivity index (χ2v) is 11.1. The van der Waals surface area contributed by atoms with E-state index in [4.69, 9.17) is 4.74 Å². The minimum atomic E-state index is -3.67. The maximum Gasteiger partial charge on any atom is 0.243 e. The molecule has 35 heavy (non-hydrogen) atoms. The largest absolute Gasteiger partial charge is 0.494 e. The smallest absolute Gasteiger partial charge is 0.243 e. The molecule has 9 nitrogen and oxygen atoms in total. The number of carbonyl (C=O) groups is 1. The summed E-state index contributed by atoms with van der Waals surface area (Å²) in [5, 5.41) is 10.7. The topological polar surface area (TPSA) is 117 Å². The third-order valence-electron chi connectivity index (χ3n) is 5.67. The molecule has 2 aromatic carbocycles. The van der Waals surface area contributed by atoms with Crippen LogP contribution in [0.15, 0.2) is 64.6 Å². The molecule has 0 radical (unpaired) electrons. The van der Waals surface area contributed by atoms with Crippen LogP contribution in [0.4, 0.5) is 0 Å². The SMILES string of the molecule is CCOc1ccc(S(=O)(=O)N2CCC[C@@H](C(=O)NCCSc3n[nH]c(-c4ccccc4)n3)C2)cc1. The van der Waals surface area contributed by atoms with Gasteiger partial charge in [-0.3, -0.25) is 9.89 Å². The molecule has 0 unspecified atom stereocenters. The summed E-state index contributed by atoms with van der Waals surface area (Å²) in [6.07, 6.45) is 1.30. The number of hydrogen-bond donors (Lipinski definition) is 2. The number of hydrogen-bond acceptors (Lipinski definition) is 7. The Balaban J connectivity index is 1.26. The third-order valence-corrected chi connectivity index (χ3v) is 8.40. The Bertz CT molecular complexity index is 1220. The van der Waals surface area contributed by atoms with Gasteiger partial charge in [0.2, 0.25) is 21.1 Å². The number of nitrogens with zero attached hydrogens (tertiary/aromatic N) is 3. The molecule has 1 fully saturated rings. The van der Waals surface area contributed by atoms with Gasteiger partial charge in [-0.15, -0.1) is 5.10 Å². The number of rotatable bonds is 10. The summed E-state index contributed by atoms with van der Waals surface area (Å²) < 4.78 is 33.0. The maximum absolute atomic E-state index is 13.1. The van der Waals surface area contributed by atoms with Crippen LogP contribution in [0.3, 0.4) is 0 Å². The number of thioether (sulfide) groups is 1. The number of carbonyl (C=O) groups excluding carboxylic acids is 1. The molecule has 2 heterocycles. The number of sulfonamides is 1. The van der Waals surface area contributed by atoms with Gasteiger partial charge in [0.15, 0.2) is 5.82 Å². The molecule has 0 bridgehead atoms. The van der Waals surface area contributed by atoms with Crippen molar-refractivity contribution in [3.05, 3.63) is 54.6 Å². The van der Waals surface area contributed by atoms with Gasteiger partial charge in [-0.05, 0) is 44.0 Å². The molecule has 1 atom stereocenters. The number of H-pyrrole nitrogens is 1. The van der Waals surface area contributed by atoms with Crippen LogP contribution in [0.1, 0.15) is 19.8 Å². The first-order valence-electron chi connectivity index (χ1n) is 11.6. The molecule has 0 aliphatic carbocycles. The van der Waals surface area contributed by atoms with Crippen molar-refractivity contribution in [3.8, 4) is 17.1 Å². The number of aromatic amines is 1. The number of nitrogens with one attached hydrogen (secondary N) is 2. The average Bonchev–Trinajstić information content (AvgIpc) is 3.37. The van der Waals surface area contributed by atoms with Crippen LogP contribution >= 0.6 is 11.8 Å². The lowest BCUT2D eigenvalue weighted by molar-refractivity contribution is -0.125. The molecule has 0 spiro atoms. The highest BCUT2D eigenvalue weighted by Gasteiger charge is 2.33. The summed E-state index contributed by atoms with van der Waals surface area (Å²) >= 11 is 1.45. The highest BCUT2D eigenvalue weighted by Crippen LogP contribution is 2.25. The van der Waals surface area contributed by atoms with E-state index in [2.05, 4.69) is 20.5 Å². The monoisotopic (exact) mass is 515 g/mol. The molecule has 2 N–H and O–H groups in total. The maximum atomic E-state index is 13.1. The molecule has 1 amide bonds. The summed E-state index contributed by atoms with van der Waals surface area (Å²) in [4.78, 5) is 17.4. The van der Waals surface area contributed by atoms with Crippen molar-refractivity contribution < 1.29 is 17.9 Å². The van der Waals surface area contributed by atoms with Crippen LogP contribution in [0.5, 0.6) is 5.75 Å². The highest BCUT2D eigenvalue weighted by molar-refractivity contribution is 7.99. The summed E-state index contributed by atoms with van der Waals surface area (Å²) in [6, 6.07) is 16.1. The first-order chi connectivity index (χ1) is 17.0. The zero-order valence-electron chi connectivity index (χ0n) is 19.5. The lowest BCUT2D eigenvalue weighted by atomic mass is 9.99. The van der Waals surface area contributed by atoms with E-state index >= 15 is 0 Å². The first-order valence-corrected chi connectivity index (χ1v) is 14.0. The van der Waals surface area contributed by atoms with E-state index in [0.717, 1.165) is 5.56 Å². The summed E-state index contributed by atoms with van der Waals surface area (Å²) in [5.41, 5.74) is 0.960. The third kappa shape index (κ3) is 6.41. The minimum absolute atomic E-state index is 0.128. The number of piperidine rings is 1. The predicted molar refractivity (Wildman–Crippen MR) is 135 cm³/mol. The number of amides is 1. The van der Waals surface area contributed by atoms with Crippen molar-refractivity contribution in [1.82, 2.24) is 24.8 Å². The van der Waals surface area contributed by atoms with Crippen molar-refractivity contribution in [2.75, 3.05) is 32.0 Å². The Labute approximate surface area is 209 Å². The second-order valence-electron chi connectivity index (χ2n) is 8.08. The van der Waals surface area contributed by atoms with E-state index in [-0.39, 0.29) is 23.3 Å². The molecule has 1 aromatic heterocycles. The van der Waals surface area contributed by atoms with Crippen molar-refractivity contribution in [3.63, 3.8) is 0 Å². The van der Waals surface area contributed by atoms with Gasteiger partial charge in [0.25, 0.3) is 0 Å². The summed E-state index contributed by atoms with van der Waals surface area (Å²) in [6.45, 7) is 3.42. The second kappa shape index (κ2) is 11.7. The van der Waals surface area contributed by atoms with Crippen LogP contribution in [-0.2, 0) is 14.8 Å². The molecule has 1 saturated heterocycles. The first kappa shape index (κ1) is 25.2. The van der Waals surface area contributed by atoms with E-state index < -0.39 is 10.0 Å². The standard InChI is InChI=1S/C24H29N5O4S2/c1-2-33-20-10-12-21(13-11-20)35(31,32)29-15-6-9-19(17-29)23(30)25-14-16-34-24-26-22(27-28-24)18-7-4-3-5-8-18/h3-5,7-8,10-13,19H,2,6,9,14-17H2,1H3,(H,25,30)(H,26,27,28)/t19-/m1/s1. The van der Waals surface area contributed by atoms with Crippen molar-refractivity contribution in [2.24, 2.45) is 5.92 Å². The van der Waals surface area contributed by atoms with Crippen LogP contribution in [0, 0.1) is 5.92 Å². The molecule has 4 rings (SSSR count). The number of ether oxygens (including phenoxy) is 1. The van der Waals surface area contributed by atoms with E-state index in [1.54, 1.807) is 24.3 Å². The molecule has 3 aromatic rings. The van der Waals surface area contributed by atoms with Crippen LogP contribution < -0.4 is 10.1 Å². The molecule has 1 aliphatic heterocycles. The van der Waals surface area contributed by atoms with Crippen molar-refractivity contribution in [1.29, 1.82) is 0 Å². The fourth-order valence-corrected chi connectivity index (χ4v) is 6.07. The zero-order chi connectivity index (χ0) is 24.7. The Morgan fingerprint density at radius 1 is 1.20 bits per heavy atom. The zero-order valence-corrected chi connectivity index (χ0v) is 21.1. The van der Waals surface area contributed by atoms with Gasteiger partial charge in [0, 0.05) is 31.0 Å². The van der Waals surface area contributed by atoms with Crippen LogP contribution in [-0.4, -0.2) is 65.8 Å². The Hall–Kier alpha value is -2.89. The van der Waals surface area contributed by atoms with Crippen molar-refractivity contribution >= 4 is 27.7 Å². The molecular weight excluding hydrogens is 486 g/mol. The lowest BCUT2D eigenvalue weighted by Crippen LogP contribution is -2.45. The fourth-order valence-electron chi connectivity index (χ4n) is 3.90. The fraction of sp³-hybridized carbons (Fsp3) is 0.375. The normalized spacial score (nSPS) is 16.7. The van der Waals surface area contributed by atoms with Crippen LogP contribution in [0.25, 0.3) is 11.4 Å². The van der Waals surface area contributed by atoms with Crippen LogP contribution in [0.2, 0.25) is 0 Å². The number of aromatic nitrogens is 3. The van der Waals surface area contributed by atoms with Crippen molar-refractivity contribution in [2.45, 2.75) is 29.8 Å². The van der Waals surface area contributed by atoms with E-state index in [0.29, 0.717) is 55.0 Å². The summed E-state index contributed by atoms with van der Waals surface area (Å²) in [7, 11) is -3.67. The van der Waals surface area contributed by atoms with E-state index in [9.17, 15) is 13.2 Å². The van der Waals surface area contributed by atoms with Gasteiger partial charge in [-0.1, -0.05) is 42.1 Å². The van der Waals surface area contributed by atoms with E-state index in [1.807, 2.05) is 37.3 Å². The van der Waals surface area contributed by atoms with Gasteiger partial charge in [0.05, 0.1) is 17.4 Å². The average molecular weight is 516 g/mol. The van der Waals surface area contributed by atoms with Gasteiger partial charge < -0.3 is 10.1 Å². The minimum Gasteiger partial charge on any atom is -0.494 e. The Morgan fingerprint density at radius 2 is 1.97 bits per heavy atom. The molecular formula is C24H29N5O4S2. The predicted octanol–water partition coefficient (Wildman–Crippen LogP) is 3.18. The molecule has 11 heteroatoms. The highest BCUT2D eigenvalue weighted by atomic mass is 32.2. The van der Waals surface area contributed by atoms with Gasteiger partial charge in [-0.2, -0.15) is 4.31 Å². The Kier molecular flexibility index (Phi) is 8.42. The molecule has 0 saturated carbocycles. The number of benzene rings is 2. The molecule has 1 aliphatic rings. The quantitative estimate of drug-likeness (QED) is 0.315. The van der Waals surface area contributed by atoms with Gasteiger partial charge in [0.1, 0.15) is 5.75 Å². The Morgan fingerprint density at radius 3 is 2.71 bits per heavy atom. The van der Waals surface area contributed by atoms with E-state index in [1.165, 1.54) is 16.1 Å².